The second kappa shape index (κ2) is 6.46. The number of aldehydes is 1. The van der Waals surface area contributed by atoms with Crippen LogP contribution in [0.2, 0.25) is 0 Å². The fourth-order valence-electron chi connectivity index (χ4n) is 2.04. The number of hydrogen-bond donors (Lipinski definition) is 0. The molecule has 0 aromatic heterocycles. The number of carbonyl (C=O) groups excluding carboxylic acids is 1. The Hall–Kier alpha value is -1.70. The smallest absolute Gasteiger partial charge is 0.145 e. The first-order chi connectivity index (χ1) is 8.87. The largest absolute Gasteiger partial charge is 0.298 e. The van der Waals surface area contributed by atoms with Crippen molar-refractivity contribution in [2.24, 2.45) is 0 Å². The summed E-state index contributed by atoms with van der Waals surface area (Å²) in [5, 5.41) is 0. The molecule has 19 heavy (non-hydrogen) atoms. The Morgan fingerprint density at radius 3 is 2.26 bits per heavy atom. The Labute approximate surface area is 114 Å². The molecule has 1 nitrogen and oxygen atoms in total. The maximum Gasteiger partial charge on any atom is 0.145 e. The summed E-state index contributed by atoms with van der Waals surface area (Å²) in [6.45, 7) is 7.94. The third-order valence-electron chi connectivity index (χ3n) is 3.17. The summed E-state index contributed by atoms with van der Waals surface area (Å²) < 4.78 is 13.0. The van der Waals surface area contributed by atoms with Gasteiger partial charge in [-0.15, -0.1) is 0 Å². The Bertz CT molecular complexity index is 492. The molecule has 0 saturated heterocycles. The zero-order chi connectivity index (χ0) is 14.5. The van der Waals surface area contributed by atoms with E-state index >= 15 is 0 Å². The monoisotopic (exact) mass is 260 g/mol. The molecule has 102 valence electrons. The van der Waals surface area contributed by atoms with Crippen LogP contribution in [0, 0.1) is 5.82 Å². The van der Waals surface area contributed by atoms with Crippen LogP contribution >= 0.6 is 0 Å². The summed E-state index contributed by atoms with van der Waals surface area (Å²) in [7, 11) is 0. The predicted octanol–water partition coefficient (Wildman–Crippen LogP) is 4.58. The van der Waals surface area contributed by atoms with Gasteiger partial charge < -0.3 is 0 Å². The third kappa shape index (κ3) is 4.47. The molecule has 0 aliphatic carbocycles. The number of allylic oxidation sites excluding steroid dienone is 4. The van der Waals surface area contributed by atoms with Crippen molar-refractivity contribution in [1.29, 1.82) is 0 Å². The van der Waals surface area contributed by atoms with Crippen molar-refractivity contribution in [3.8, 4) is 0 Å². The molecule has 1 unspecified atom stereocenters. The van der Waals surface area contributed by atoms with Crippen molar-refractivity contribution in [1.82, 2.24) is 0 Å². The highest BCUT2D eigenvalue weighted by Crippen LogP contribution is 2.31. The van der Waals surface area contributed by atoms with Gasteiger partial charge in [-0.3, -0.25) is 4.79 Å². The van der Waals surface area contributed by atoms with Crippen molar-refractivity contribution in [3.05, 3.63) is 58.9 Å². The van der Waals surface area contributed by atoms with E-state index in [-0.39, 0.29) is 11.2 Å². The normalized spacial score (nSPS) is 14.7. The molecular formula is C17H21FO. The van der Waals surface area contributed by atoms with E-state index in [2.05, 4.69) is 13.0 Å². The highest BCUT2D eigenvalue weighted by atomic mass is 19.1. The molecule has 0 radical (unpaired) electrons. The molecule has 0 heterocycles. The molecule has 0 saturated carbocycles. The molecule has 0 N–H and O–H groups in total. The van der Waals surface area contributed by atoms with Crippen molar-refractivity contribution in [2.45, 2.75) is 39.5 Å². The third-order valence-corrected chi connectivity index (χ3v) is 3.17. The number of halogens is 1. The summed E-state index contributed by atoms with van der Waals surface area (Å²) >= 11 is 0. The van der Waals surface area contributed by atoms with Crippen LogP contribution in [0.25, 0.3) is 0 Å². The van der Waals surface area contributed by atoms with Gasteiger partial charge in [-0.1, -0.05) is 36.8 Å². The molecule has 1 aromatic carbocycles. The van der Waals surface area contributed by atoms with E-state index in [0.717, 1.165) is 18.3 Å². The molecule has 1 atom stereocenters. The second-order valence-corrected chi connectivity index (χ2v) is 5.42. The number of rotatable bonds is 5. The minimum Gasteiger partial charge on any atom is -0.298 e. The van der Waals surface area contributed by atoms with Crippen LogP contribution in [0.1, 0.15) is 39.7 Å². The second-order valence-electron chi connectivity index (χ2n) is 5.42. The van der Waals surface area contributed by atoms with Gasteiger partial charge in [0.2, 0.25) is 0 Å². The van der Waals surface area contributed by atoms with Crippen LogP contribution in [-0.4, -0.2) is 6.29 Å². The predicted molar refractivity (Wildman–Crippen MR) is 77.6 cm³/mol. The molecule has 0 aliphatic heterocycles. The fourth-order valence-corrected chi connectivity index (χ4v) is 2.04. The van der Waals surface area contributed by atoms with E-state index in [4.69, 9.17) is 0 Å². The van der Waals surface area contributed by atoms with Gasteiger partial charge in [-0.2, -0.15) is 0 Å². The fraction of sp³-hybridized carbons (Fsp3) is 0.353. The maximum atomic E-state index is 13.0. The first-order valence-electron chi connectivity index (χ1n) is 6.41. The molecule has 0 spiro atoms. The minimum absolute atomic E-state index is 0.246. The highest BCUT2D eigenvalue weighted by Gasteiger charge is 2.23. The van der Waals surface area contributed by atoms with Crippen molar-refractivity contribution in [2.75, 3.05) is 0 Å². The lowest BCUT2D eigenvalue weighted by atomic mass is 9.78. The van der Waals surface area contributed by atoms with Crippen LogP contribution in [0.5, 0.6) is 0 Å². The lowest BCUT2D eigenvalue weighted by Crippen LogP contribution is -2.19. The van der Waals surface area contributed by atoms with Gasteiger partial charge in [-0.25, -0.2) is 4.39 Å². The Morgan fingerprint density at radius 2 is 1.79 bits per heavy atom. The highest BCUT2D eigenvalue weighted by molar-refractivity contribution is 5.72. The van der Waals surface area contributed by atoms with Gasteiger partial charge in [0.15, 0.2) is 0 Å². The zero-order valence-electron chi connectivity index (χ0n) is 12.0. The molecule has 0 amide bonds. The number of hydrogen-bond acceptors (Lipinski definition) is 1. The van der Waals surface area contributed by atoms with Gasteiger partial charge in [0, 0.05) is 5.41 Å². The van der Waals surface area contributed by atoms with Gasteiger partial charge in [0.05, 0.1) is 0 Å². The van der Waals surface area contributed by atoms with Crippen LogP contribution < -0.4 is 0 Å². The average Bonchev–Trinajstić information content (AvgIpc) is 2.37. The van der Waals surface area contributed by atoms with Gasteiger partial charge >= 0.3 is 0 Å². The lowest BCUT2D eigenvalue weighted by Gasteiger charge is -2.26. The number of carbonyl (C=O) groups is 1. The van der Waals surface area contributed by atoms with E-state index in [1.807, 2.05) is 19.9 Å². The zero-order valence-corrected chi connectivity index (χ0v) is 12.0. The van der Waals surface area contributed by atoms with Crippen molar-refractivity contribution < 1.29 is 9.18 Å². The molecule has 0 bridgehead atoms. The van der Waals surface area contributed by atoms with E-state index in [1.54, 1.807) is 19.1 Å². The molecule has 2 heteroatoms. The molecular weight excluding hydrogens is 239 g/mol. The van der Waals surface area contributed by atoms with Gasteiger partial charge in [0.1, 0.15) is 12.1 Å². The van der Waals surface area contributed by atoms with E-state index in [9.17, 15) is 9.18 Å². The number of benzene rings is 1. The SMILES string of the molecule is CC(C)=CCC(C)(/C=C(\C)C=O)c1ccc(F)cc1. The molecule has 0 aliphatic rings. The summed E-state index contributed by atoms with van der Waals surface area (Å²) in [6.07, 6.45) is 5.72. The summed E-state index contributed by atoms with van der Waals surface area (Å²) in [4.78, 5) is 10.9. The molecule has 0 fully saturated rings. The van der Waals surface area contributed by atoms with Crippen LogP contribution in [0.4, 0.5) is 4.39 Å². The lowest BCUT2D eigenvalue weighted by molar-refractivity contribution is -0.104. The van der Waals surface area contributed by atoms with Crippen LogP contribution in [-0.2, 0) is 10.2 Å². The van der Waals surface area contributed by atoms with E-state index < -0.39 is 0 Å². The van der Waals surface area contributed by atoms with Crippen LogP contribution in [0.15, 0.2) is 47.6 Å². The topological polar surface area (TPSA) is 17.1 Å². The van der Waals surface area contributed by atoms with Crippen molar-refractivity contribution in [3.63, 3.8) is 0 Å². The molecule has 1 aromatic rings. The van der Waals surface area contributed by atoms with Gasteiger partial charge in [0.25, 0.3) is 0 Å². The van der Waals surface area contributed by atoms with E-state index in [0.29, 0.717) is 5.57 Å². The van der Waals surface area contributed by atoms with Gasteiger partial charge in [-0.05, 0) is 50.5 Å². The standard InChI is InChI=1S/C17H21FO/c1-13(2)9-10-17(4,11-14(3)12-19)15-5-7-16(18)8-6-15/h5-9,11-12H,10H2,1-4H3/b14-11+. The summed E-state index contributed by atoms with van der Waals surface area (Å²) in [6, 6.07) is 6.48. The summed E-state index contributed by atoms with van der Waals surface area (Å²) in [5.74, 6) is -0.246. The van der Waals surface area contributed by atoms with E-state index in [1.165, 1.54) is 17.7 Å². The quantitative estimate of drug-likeness (QED) is 0.430. The Kier molecular flexibility index (Phi) is 5.22. The minimum atomic E-state index is -0.296. The maximum absolute atomic E-state index is 13.0. The van der Waals surface area contributed by atoms with Crippen molar-refractivity contribution >= 4 is 6.29 Å². The summed E-state index contributed by atoms with van der Waals surface area (Å²) in [5.41, 5.74) is 2.63. The average molecular weight is 260 g/mol. The Balaban J connectivity index is 3.21. The molecule has 1 rings (SSSR count). The first-order valence-corrected chi connectivity index (χ1v) is 6.41. The Morgan fingerprint density at radius 1 is 1.21 bits per heavy atom. The van der Waals surface area contributed by atoms with Crippen LogP contribution in [0.3, 0.4) is 0 Å². The first kappa shape index (κ1) is 15.4.